The van der Waals surface area contributed by atoms with Crippen molar-refractivity contribution in [3.63, 3.8) is 0 Å². The Labute approximate surface area is 109 Å². The molecule has 0 N–H and O–H groups in total. The lowest BCUT2D eigenvalue weighted by atomic mass is 10.2. The zero-order valence-electron chi connectivity index (χ0n) is 10.4. The molecule has 0 radical (unpaired) electrons. The number of aromatic nitrogens is 4. The highest BCUT2D eigenvalue weighted by Crippen LogP contribution is 2.10. The summed E-state index contributed by atoms with van der Waals surface area (Å²) in [5.41, 5.74) is 1.97. The third-order valence-corrected chi connectivity index (χ3v) is 2.93. The van der Waals surface area contributed by atoms with Crippen molar-refractivity contribution in [2.24, 2.45) is 0 Å². The van der Waals surface area contributed by atoms with Gasteiger partial charge in [-0.25, -0.2) is 15.0 Å². The Bertz CT molecular complexity index is 780. The van der Waals surface area contributed by atoms with E-state index in [-0.39, 0.29) is 5.56 Å². The van der Waals surface area contributed by atoms with Gasteiger partial charge in [0.15, 0.2) is 0 Å². The van der Waals surface area contributed by atoms with E-state index in [4.69, 9.17) is 0 Å². The molecule has 19 heavy (non-hydrogen) atoms. The van der Waals surface area contributed by atoms with Crippen molar-refractivity contribution < 1.29 is 0 Å². The first-order valence-electron chi connectivity index (χ1n) is 5.98. The first-order valence-corrected chi connectivity index (χ1v) is 5.98. The number of rotatable bonds is 2. The monoisotopic (exact) mass is 252 g/mol. The van der Waals surface area contributed by atoms with Gasteiger partial charge in [-0.05, 0) is 25.1 Å². The SMILES string of the molecule is Cc1nc2ccccc2n(Cc2ncccn2)c1=O. The lowest BCUT2D eigenvalue weighted by Gasteiger charge is -2.09. The lowest BCUT2D eigenvalue weighted by molar-refractivity contribution is 0.729. The number of hydrogen-bond acceptors (Lipinski definition) is 4. The van der Waals surface area contributed by atoms with E-state index in [0.717, 1.165) is 11.0 Å². The third-order valence-electron chi connectivity index (χ3n) is 2.93. The fourth-order valence-corrected chi connectivity index (χ4v) is 2.03. The molecule has 0 saturated heterocycles. The number of nitrogens with zero attached hydrogens (tertiary/aromatic N) is 4. The molecule has 0 aliphatic rings. The second-order valence-electron chi connectivity index (χ2n) is 4.24. The van der Waals surface area contributed by atoms with Crippen LogP contribution in [0.3, 0.4) is 0 Å². The van der Waals surface area contributed by atoms with Crippen LogP contribution in [0.5, 0.6) is 0 Å². The molecular weight excluding hydrogens is 240 g/mol. The molecule has 3 aromatic rings. The van der Waals surface area contributed by atoms with Crippen LogP contribution in [0, 0.1) is 6.92 Å². The minimum absolute atomic E-state index is 0.105. The Morgan fingerprint density at radius 2 is 1.84 bits per heavy atom. The van der Waals surface area contributed by atoms with E-state index in [1.165, 1.54) is 0 Å². The van der Waals surface area contributed by atoms with Gasteiger partial charge in [-0.3, -0.25) is 9.36 Å². The molecule has 0 atom stereocenters. The van der Waals surface area contributed by atoms with Crippen molar-refractivity contribution in [1.29, 1.82) is 0 Å². The molecule has 0 aliphatic carbocycles. The van der Waals surface area contributed by atoms with Gasteiger partial charge in [-0.2, -0.15) is 0 Å². The molecule has 0 aliphatic heterocycles. The van der Waals surface area contributed by atoms with Crippen LogP contribution in [0.2, 0.25) is 0 Å². The molecule has 2 heterocycles. The molecular formula is C14H12N4O. The number of benzene rings is 1. The van der Waals surface area contributed by atoms with Crippen LogP contribution < -0.4 is 5.56 Å². The van der Waals surface area contributed by atoms with E-state index in [1.54, 1.807) is 30.0 Å². The fourth-order valence-electron chi connectivity index (χ4n) is 2.03. The van der Waals surface area contributed by atoms with Crippen LogP contribution in [-0.4, -0.2) is 19.5 Å². The molecule has 0 unspecified atom stereocenters. The number of fused-ring (bicyclic) bond motifs is 1. The minimum atomic E-state index is -0.105. The summed E-state index contributed by atoms with van der Waals surface area (Å²) in [6, 6.07) is 9.32. The van der Waals surface area contributed by atoms with Crippen LogP contribution >= 0.6 is 0 Å². The molecule has 5 nitrogen and oxygen atoms in total. The van der Waals surface area contributed by atoms with Gasteiger partial charge in [0.05, 0.1) is 17.6 Å². The Kier molecular flexibility index (Phi) is 2.79. The van der Waals surface area contributed by atoms with Crippen molar-refractivity contribution in [3.05, 3.63) is 64.6 Å². The summed E-state index contributed by atoms with van der Waals surface area (Å²) in [4.78, 5) is 24.9. The predicted octanol–water partition coefficient (Wildman–Crippen LogP) is 1.54. The highest BCUT2D eigenvalue weighted by Gasteiger charge is 2.08. The maximum Gasteiger partial charge on any atom is 0.272 e. The van der Waals surface area contributed by atoms with Crippen molar-refractivity contribution in [2.75, 3.05) is 0 Å². The van der Waals surface area contributed by atoms with Gasteiger partial charge in [-0.1, -0.05) is 12.1 Å². The average Bonchev–Trinajstić information content (AvgIpc) is 2.45. The maximum atomic E-state index is 12.2. The van der Waals surface area contributed by atoms with E-state index in [9.17, 15) is 4.79 Å². The van der Waals surface area contributed by atoms with Gasteiger partial charge in [0.25, 0.3) is 5.56 Å². The van der Waals surface area contributed by atoms with Crippen LogP contribution in [0.25, 0.3) is 11.0 Å². The summed E-state index contributed by atoms with van der Waals surface area (Å²) in [6.45, 7) is 2.07. The van der Waals surface area contributed by atoms with Crippen LogP contribution in [-0.2, 0) is 6.54 Å². The molecule has 1 aromatic carbocycles. The first kappa shape index (κ1) is 11.5. The van der Waals surface area contributed by atoms with E-state index in [0.29, 0.717) is 18.1 Å². The highest BCUT2D eigenvalue weighted by molar-refractivity contribution is 5.74. The van der Waals surface area contributed by atoms with Gasteiger partial charge < -0.3 is 0 Å². The zero-order valence-corrected chi connectivity index (χ0v) is 10.4. The van der Waals surface area contributed by atoms with Crippen molar-refractivity contribution in [2.45, 2.75) is 13.5 Å². The second kappa shape index (κ2) is 4.61. The molecule has 5 heteroatoms. The highest BCUT2D eigenvalue weighted by atomic mass is 16.1. The quantitative estimate of drug-likeness (QED) is 0.694. The van der Waals surface area contributed by atoms with Gasteiger partial charge in [-0.15, -0.1) is 0 Å². The standard InChI is InChI=1S/C14H12N4O/c1-10-14(19)18(9-13-15-7-4-8-16-13)12-6-3-2-5-11(12)17-10/h2-8H,9H2,1H3. The summed E-state index contributed by atoms with van der Waals surface area (Å²) in [5, 5.41) is 0. The molecule has 94 valence electrons. The van der Waals surface area contributed by atoms with E-state index >= 15 is 0 Å². The molecule has 0 spiro atoms. The topological polar surface area (TPSA) is 60.7 Å². The number of aryl methyl sites for hydroxylation is 1. The predicted molar refractivity (Wildman–Crippen MR) is 71.9 cm³/mol. The summed E-state index contributed by atoms with van der Waals surface area (Å²) in [7, 11) is 0. The van der Waals surface area contributed by atoms with Crippen molar-refractivity contribution >= 4 is 11.0 Å². The Balaban J connectivity index is 2.22. The fraction of sp³-hybridized carbons (Fsp3) is 0.143. The molecule has 3 rings (SSSR count). The molecule has 2 aromatic heterocycles. The molecule has 0 saturated carbocycles. The molecule has 0 bridgehead atoms. The minimum Gasteiger partial charge on any atom is -0.298 e. The van der Waals surface area contributed by atoms with Crippen LogP contribution in [0.15, 0.2) is 47.5 Å². The number of hydrogen-bond donors (Lipinski definition) is 0. The normalized spacial score (nSPS) is 10.8. The third kappa shape index (κ3) is 2.10. The lowest BCUT2D eigenvalue weighted by Crippen LogP contribution is -2.25. The van der Waals surface area contributed by atoms with Gasteiger partial charge in [0.1, 0.15) is 11.5 Å². The van der Waals surface area contributed by atoms with Crippen molar-refractivity contribution in [3.8, 4) is 0 Å². The first-order chi connectivity index (χ1) is 9.25. The van der Waals surface area contributed by atoms with E-state index in [1.807, 2.05) is 24.3 Å². The summed E-state index contributed by atoms with van der Waals surface area (Å²) in [5.74, 6) is 0.611. The largest absolute Gasteiger partial charge is 0.298 e. The van der Waals surface area contributed by atoms with Gasteiger partial charge in [0, 0.05) is 12.4 Å². The van der Waals surface area contributed by atoms with Gasteiger partial charge >= 0.3 is 0 Å². The van der Waals surface area contributed by atoms with Crippen LogP contribution in [0.4, 0.5) is 0 Å². The summed E-state index contributed by atoms with van der Waals surface area (Å²) < 4.78 is 1.66. The van der Waals surface area contributed by atoms with E-state index in [2.05, 4.69) is 15.0 Å². The summed E-state index contributed by atoms with van der Waals surface area (Å²) in [6.07, 6.45) is 3.34. The van der Waals surface area contributed by atoms with E-state index < -0.39 is 0 Å². The molecule has 0 fully saturated rings. The smallest absolute Gasteiger partial charge is 0.272 e. The molecule has 0 amide bonds. The second-order valence-corrected chi connectivity index (χ2v) is 4.24. The Morgan fingerprint density at radius 1 is 1.11 bits per heavy atom. The van der Waals surface area contributed by atoms with Crippen LogP contribution in [0.1, 0.15) is 11.5 Å². The Morgan fingerprint density at radius 3 is 2.63 bits per heavy atom. The summed E-state index contributed by atoms with van der Waals surface area (Å²) >= 11 is 0. The van der Waals surface area contributed by atoms with Gasteiger partial charge in [0.2, 0.25) is 0 Å². The average molecular weight is 252 g/mol. The zero-order chi connectivity index (χ0) is 13.2. The number of para-hydroxylation sites is 2. The Hall–Kier alpha value is -2.56. The van der Waals surface area contributed by atoms with Crippen molar-refractivity contribution in [1.82, 2.24) is 19.5 Å². The maximum absolute atomic E-state index is 12.2.